The van der Waals surface area contributed by atoms with Crippen LogP contribution in [0.5, 0.6) is 0 Å². The highest BCUT2D eigenvalue weighted by molar-refractivity contribution is 5.93. The molecule has 31 heavy (non-hydrogen) atoms. The maximum atomic E-state index is 11.5. The van der Waals surface area contributed by atoms with Gasteiger partial charge >= 0.3 is 5.97 Å². The third-order valence-electron chi connectivity index (χ3n) is 6.28. The second-order valence-electron chi connectivity index (χ2n) is 8.28. The van der Waals surface area contributed by atoms with Crippen LogP contribution in [0.3, 0.4) is 0 Å². The molecule has 0 aliphatic carbocycles. The number of carboxylic acid groups (broad SMARTS) is 1. The first-order chi connectivity index (χ1) is 15.1. The Hall–Kier alpha value is -3.38. The van der Waals surface area contributed by atoms with Crippen molar-refractivity contribution in [1.29, 1.82) is 0 Å². The Bertz CT molecular complexity index is 1140. The maximum Gasteiger partial charge on any atom is 0.337 e. The Kier molecular flexibility index (Phi) is 5.08. The van der Waals surface area contributed by atoms with Crippen molar-refractivity contribution in [2.24, 2.45) is 0 Å². The third kappa shape index (κ3) is 3.75. The molecule has 3 N–H and O–H groups in total. The number of benzene rings is 2. The van der Waals surface area contributed by atoms with Crippen LogP contribution in [0.15, 0.2) is 54.9 Å². The zero-order valence-corrected chi connectivity index (χ0v) is 17.6. The highest BCUT2D eigenvalue weighted by atomic mass is 16.4. The van der Waals surface area contributed by atoms with Crippen LogP contribution >= 0.6 is 0 Å². The molecule has 158 valence electrons. The molecule has 1 atom stereocenters. The highest BCUT2D eigenvalue weighted by Gasteiger charge is 2.24. The molecule has 0 bridgehead atoms. The minimum atomic E-state index is -0.951. The molecule has 0 saturated carbocycles. The molecule has 3 aromatic rings. The van der Waals surface area contributed by atoms with Gasteiger partial charge in [-0.25, -0.2) is 4.79 Å². The number of aryl methyl sites for hydroxylation is 1. The normalized spacial score (nSPS) is 17.2. The summed E-state index contributed by atoms with van der Waals surface area (Å²) in [7, 11) is 0. The van der Waals surface area contributed by atoms with Gasteiger partial charge in [0, 0.05) is 36.7 Å². The standard InChI is InChI=1S/C25H26N4O2/c1-16-2-5-24-18(12-16)8-11-29(24)19-3-4-20-17(13-19)6-10-27-23(20)15-28-22-14-26-9-7-21(22)25(30)31/h2-5,7,9,12-14,23,27-28H,6,8,10-11,15H2,1H3,(H,30,31)/t23-/m1/s1. The zero-order chi connectivity index (χ0) is 21.4. The lowest BCUT2D eigenvalue weighted by atomic mass is 9.93. The molecular formula is C25H26N4O2. The monoisotopic (exact) mass is 414 g/mol. The van der Waals surface area contributed by atoms with E-state index in [-0.39, 0.29) is 11.6 Å². The van der Waals surface area contributed by atoms with E-state index in [0.717, 1.165) is 25.9 Å². The van der Waals surface area contributed by atoms with Gasteiger partial charge < -0.3 is 20.6 Å². The summed E-state index contributed by atoms with van der Waals surface area (Å²) in [5.41, 5.74) is 8.71. The molecular weight excluding hydrogens is 388 g/mol. The van der Waals surface area contributed by atoms with Crippen LogP contribution in [-0.2, 0) is 12.8 Å². The van der Waals surface area contributed by atoms with Gasteiger partial charge in [0.05, 0.1) is 17.4 Å². The number of anilines is 3. The number of nitrogens with one attached hydrogen (secondary N) is 2. The van der Waals surface area contributed by atoms with Crippen LogP contribution in [0.25, 0.3) is 0 Å². The molecule has 0 spiro atoms. The summed E-state index contributed by atoms with van der Waals surface area (Å²) in [5, 5.41) is 16.2. The molecule has 5 rings (SSSR count). The predicted molar refractivity (Wildman–Crippen MR) is 122 cm³/mol. The Labute approximate surface area is 181 Å². The molecule has 1 aromatic heterocycles. The Morgan fingerprint density at radius 1 is 1.19 bits per heavy atom. The summed E-state index contributed by atoms with van der Waals surface area (Å²) in [6, 6.07) is 15.1. The Morgan fingerprint density at radius 2 is 2.10 bits per heavy atom. The average molecular weight is 415 g/mol. The molecule has 0 amide bonds. The first kappa shape index (κ1) is 19.6. The van der Waals surface area contributed by atoms with Crippen LogP contribution in [0, 0.1) is 6.92 Å². The number of carboxylic acids is 1. The first-order valence-electron chi connectivity index (χ1n) is 10.7. The fourth-order valence-electron chi connectivity index (χ4n) is 4.72. The lowest BCUT2D eigenvalue weighted by Crippen LogP contribution is -2.34. The molecule has 3 heterocycles. The number of nitrogens with zero attached hydrogens (tertiary/aromatic N) is 2. The smallest absolute Gasteiger partial charge is 0.337 e. The van der Waals surface area contributed by atoms with Gasteiger partial charge in [0.25, 0.3) is 0 Å². The van der Waals surface area contributed by atoms with Gasteiger partial charge in [0.2, 0.25) is 0 Å². The summed E-state index contributed by atoms with van der Waals surface area (Å²) in [6.07, 6.45) is 5.14. The van der Waals surface area contributed by atoms with Gasteiger partial charge in [0.1, 0.15) is 0 Å². The number of rotatable bonds is 5. The van der Waals surface area contributed by atoms with Gasteiger partial charge in [0.15, 0.2) is 0 Å². The second-order valence-corrected chi connectivity index (χ2v) is 8.28. The fourth-order valence-corrected chi connectivity index (χ4v) is 4.72. The summed E-state index contributed by atoms with van der Waals surface area (Å²) in [5.74, 6) is -0.951. The van der Waals surface area contributed by atoms with E-state index in [4.69, 9.17) is 0 Å². The van der Waals surface area contributed by atoms with Crippen LogP contribution < -0.4 is 15.5 Å². The lowest BCUT2D eigenvalue weighted by Gasteiger charge is -2.29. The summed E-state index contributed by atoms with van der Waals surface area (Å²) >= 11 is 0. The van der Waals surface area contributed by atoms with E-state index >= 15 is 0 Å². The summed E-state index contributed by atoms with van der Waals surface area (Å²) in [4.78, 5) is 17.9. The van der Waals surface area contributed by atoms with Crippen molar-refractivity contribution in [1.82, 2.24) is 10.3 Å². The van der Waals surface area contributed by atoms with Gasteiger partial charge in [-0.3, -0.25) is 4.98 Å². The molecule has 6 heteroatoms. The maximum absolute atomic E-state index is 11.5. The van der Waals surface area contributed by atoms with Crippen LogP contribution in [0.2, 0.25) is 0 Å². The van der Waals surface area contributed by atoms with E-state index in [9.17, 15) is 9.90 Å². The fraction of sp³-hybridized carbons (Fsp3) is 0.280. The van der Waals surface area contributed by atoms with Crippen molar-refractivity contribution in [3.05, 3.63) is 82.7 Å². The number of carbonyl (C=O) groups is 1. The minimum absolute atomic E-state index is 0.119. The van der Waals surface area contributed by atoms with Gasteiger partial charge in [-0.2, -0.15) is 0 Å². The lowest BCUT2D eigenvalue weighted by molar-refractivity contribution is 0.0697. The van der Waals surface area contributed by atoms with Gasteiger partial charge in [-0.05, 0) is 67.3 Å². The molecule has 2 aromatic carbocycles. The number of fused-ring (bicyclic) bond motifs is 2. The topological polar surface area (TPSA) is 77.5 Å². The summed E-state index contributed by atoms with van der Waals surface area (Å²) < 4.78 is 0. The van der Waals surface area contributed by atoms with Gasteiger partial charge in [-0.1, -0.05) is 23.8 Å². The minimum Gasteiger partial charge on any atom is -0.478 e. The number of pyridine rings is 1. The first-order valence-corrected chi connectivity index (χ1v) is 10.7. The predicted octanol–water partition coefficient (Wildman–Crippen LogP) is 4.08. The van der Waals surface area contributed by atoms with Crippen molar-refractivity contribution in [2.45, 2.75) is 25.8 Å². The second kappa shape index (κ2) is 8.04. The van der Waals surface area contributed by atoms with Crippen LogP contribution in [-0.4, -0.2) is 35.7 Å². The number of aromatic nitrogens is 1. The molecule has 0 fully saturated rings. The highest BCUT2D eigenvalue weighted by Crippen LogP contribution is 2.37. The number of aromatic carboxylic acids is 1. The number of hydrogen-bond acceptors (Lipinski definition) is 5. The molecule has 0 radical (unpaired) electrons. The molecule has 2 aliphatic rings. The van der Waals surface area contributed by atoms with E-state index < -0.39 is 5.97 Å². The molecule has 0 saturated heterocycles. The van der Waals surface area contributed by atoms with Crippen molar-refractivity contribution in [3.8, 4) is 0 Å². The van der Waals surface area contributed by atoms with E-state index in [2.05, 4.69) is 63.8 Å². The van der Waals surface area contributed by atoms with Gasteiger partial charge in [-0.15, -0.1) is 0 Å². The SMILES string of the molecule is Cc1ccc2c(c1)CCN2c1ccc2c(c1)CCN[C@@H]2CNc1cnccc1C(=O)O. The number of hydrogen-bond donors (Lipinski definition) is 3. The Balaban J connectivity index is 1.36. The molecule has 2 aliphatic heterocycles. The molecule has 0 unspecified atom stereocenters. The van der Waals surface area contributed by atoms with E-state index in [1.165, 1.54) is 45.9 Å². The van der Waals surface area contributed by atoms with E-state index in [1.807, 2.05) is 0 Å². The van der Waals surface area contributed by atoms with E-state index in [1.54, 1.807) is 6.20 Å². The van der Waals surface area contributed by atoms with E-state index in [0.29, 0.717) is 12.2 Å². The van der Waals surface area contributed by atoms with Crippen LogP contribution in [0.4, 0.5) is 17.1 Å². The van der Waals surface area contributed by atoms with Crippen molar-refractivity contribution >= 4 is 23.0 Å². The third-order valence-corrected chi connectivity index (χ3v) is 6.28. The Morgan fingerprint density at radius 3 is 2.97 bits per heavy atom. The summed E-state index contributed by atoms with van der Waals surface area (Å²) in [6.45, 7) is 4.66. The largest absolute Gasteiger partial charge is 0.478 e. The van der Waals surface area contributed by atoms with Crippen molar-refractivity contribution in [2.75, 3.05) is 29.9 Å². The molecule has 6 nitrogen and oxygen atoms in total. The zero-order valence-electron chi connectivity index (χ0n) is 17.6. The average Bonchev–Trinajstić information content (AvgIpc) is 3.20. The van der Waals surface area contributed by atoms with Crippen molar-refractivity contribution < 1.29 is 9.90 Å². The van der Waals surface area contributed by atoms with Crippen molar-refractivity contribution in [3.63, 3.8) is 0 Å². The quantitative estimate of drug-likeness (QED) is 0.584. The van der Waals surface area contributed by atoms with Crippen LogP contribution in [0.1, 0.15) is 38.7 Å².